The average Bonchev–Trinajstić information content (AvgIpc) is 3.03. The van der Waals surface area contributed by atoms with Gasteiger partial charge in [-0.2, -0.15) is 0 Å². The Bertz CT molecular complexity index is 722. The lowest BCUT2D eigenvalue weighted by molar-refractivity contribution is -0.116. The monoisotopic (exact) mass is 308 g/mol. The Kier molecular flexibility index (Phi) is 3.55. The highest BCUT2D eigenvalue weighted by Crippen LogP contribution is 2.41. The lowest BCUT2D eigenvalue weighted by Gasteiger charge is -2.35. The van der Waals surface area contributed by atoms with Crippen LogP contribution in [0.15, 0.2) is 53.6 Å². The van der Waals surface area contributed by atoms with Crippen LogP contribution in [0.25, 0.3) is 0 Å². The molecule has 1 fully saturated rings. The molecule has 0 spiro atoms. The highest BCUT2D eigenvalue weighted by Gasteiger charge is 2.51. The summed E-state index contributed by atoms with van der Waals surface area (Å²) in [6.45, 7) is 2.08. The van der Waals surface area contributed by atoms with Crippen molar-refractivity contribution in [1.29, 1.82) is 0 Å². The van der Waals surface area contributed by atoms with E-state index in [1.807, 2.05) is 30.3 Å². The number of allylic oxidation sites excluding steroid dienone is 3. The van der Waals surface area contributed by atoms with Crippen LogP contribution in [0, 0.1) is 5.92 Å². The van der Waals surface area contributed by atoms with Crippen LogP contribution >= 0.6 is 0 Å². The van der Waals surface area contributed by atoms with Crippen LogP contribution in [0.2, 0.25) is 0 Å². The van der Waals surface area contributed by atoms with Crippen molar-refractivity contribution in [2.75, 3.05) is 0 Å². The second-order valence-corrected chi connectivity index (χ2v) is 6.23. The molecule has 1 saturated heterocycles. The van der Waals surface area contributed by atoms with E-state index >= 15 is 0 Å². The molecule has 1 aromatic carbocycles. The van der Waals surface area contributed by atoms with Gasteiger partial charge in [0.15, 0.2) is 11.6 Å². The summed E-state index contributed by atoms with van der Waals surface area (Å²) in [7, 11) is -0.485. The van der Waals surface area contributed by atoms with Gasteiger partial charge in [0.25, 0.3) is 0 Å². The zero-order valence-corrected chi connectivity index (χ0v) is 12.9. The SMILES string of the molecule is CCC1CC2=C(C(=O)C=CC2=O)[C@@H]2OB(c3ccccc3)O[C@H]12. The number of carbonyl (C=O) groups is 2. The molecule has 4 rings (SSSR count). The van der Waals surface area contributed by atoms with Gasteiger partial charge < -0.3 is 9.31 Å². The largest absolute Gasteiger partial charge is 0.494 e. The maximum atomic E-state index is 12.3. The topological polar surface area (TPSA) is 52.6 Å². The van der Waals surface area contributed by atoms with Gasteiger partial charge in [0.2, 0.25) is 0 Å². The van der Waals surface area contributed by atoms with Crippen molar-refractivity contribution in [2.45, 2.75) is 32.0 Å². The van der Waals surface area contributed by atoms with Crippen molar-refractivity contribution in [3.8, 4) is 0 Å². The first-order chi connectivity index (χ1) is 11.2. The van der Waals surface area contributed by atoms with Gasteiger partial charge in [-0.25, -0.2) is 0 Å². The zero-order valence-electron chi connectivity index (χ0n) is 12.9. The summed E-state index contributed by atoms with van der Waals surface area (Å²) in [6, 6.07) is 9.71. The molecule has 4 nitrogen and oxygen atoms in total. The number of benzene rings is 1. The molecule has 0 amide bonds. The van der Waals surface area contributed by atoms with Crippen LogP contribution in [0.4, 0.5) is 0 Å². The summed E-state index contributed by atoms with van der Waals surface area (Å²) in [5, 5.41) is 0. The van der Waals surface area contributed by atoms with Crippen LogP contribution in [-0.4, -0.2) is 30.9 Å². The van der Waals surface area contributed by atoms with Crippen molar-refractivity contribution >= 4 is 24.1 Å². The average molecular weight is 308 g/mol. The summed E-state index contributed by atoms with van der Waals surface area (Å²) >= 11 is 0. The predicted molar refractivity (Wildman–Crippen MR) is 86.2 cm³/mol. The quantitative estimate of drug-likeness (QED) is 0.615. The van der Waals surface area contributed by atoms with E-state index in [2.05, 4.69) is 6.92 Å². The Morgan fingerprint density at radius 3 is 2.57 bits per heavy atom. The van der Waals surface area contributed by atoms with Gasteiger partial charge in [0.05, 0.1) is 12.2 Å². The van der Waals surface area contributed by atoms with E-state index < -0.39 is 13.2 Å². The molecule has 3 atom stereocenters. The lowest BCUT2D eigenvalue weighted by atomic mass is 9.74. The fraction of sp³-hybridized carbons (Fsp3) is 0.333. The van der Waals surface area contributed by atoms with Gasteiger partial charge in [-0.3, -0.25) is 9.59 Å². The summed E-state index contributed by atoms with van der Waals surface area (Å²) in [4.78, 5) is 24.5. The van der Waals surface area contributed by atoms with Crippen LogP contribution in [-0.2, 0) is 18.9 Å². The minimum atomic E-state index is -0.485. The van der Waals surface area contributed by atoms with Crippen LogP contribution < -0.4 is 5.46 Å². The van der Waals surface area contributed by atoms with E-state index in [0.717, 1.165) is 11.9 Å². The first kappa shape index (κ1) is 14.6. The third-order valence-corrected chi connectivity index (χ3v) is 4.93. The molecule has 23 heavy (non-hydrogen) atoms. The molecule has 0 aromatic heterocycles. The molecule has 1 unspecified atom stereocenters. The summed E-state index contributed by atoms with van der Waals surface area (Å²) < 4.78 is 12.2. The Hall–Kier alpha value is -1.98. The molecular formula is C18H17BO4. The number of carbonyl (C=O) groups excluding carboxylic acids is 2. The summed E-state index contributed by atoms with van der Waals surface area (Å²) in [6.07, 6.45) is 3.57. The number of ketones is 2. The smallest absolute Gasteiger partial charge is 0.401 e. The number of rotatable bonds is 2. The Labute approximate surface area is 135 Å². The fourth-order valence-electron chi connectivity index (χ4n) is 3.72. The van der Waals surface area contributed by atoms with Gasteiger partial charge in [-0.05, 0) is 30.0 Å². The van der Waals surface area contributed by atoms with E-state index in [0.29, 0.717) is 17.6 Å². The summed E-state index contributed by atoms with van der Waals surface area (Å²) in [5.74, 6) is 0.000406. The molecule has 2 aliphatic carbocycles. The van der Waals surface area contributed by atoms with E-state index in [1.54, 1.807) is 0 Å². The second-order valence-electron chi connectivity index (χ2n) is 6.23. The van der Waals surface area contributed by atoms with Crippen LogP contribution in [0.1, 0.15) is 19.8 Å². The van der Waals surface area contributed by atoms with Gasteiger partial charge in [-0.1, -0.05) is 43.7 Å². The highest BCUT2D eigenvalue weighted by atomic mass is 16.7. The highest BCUT2D eigenvalue weighted by molar-refractivity contribution is 6.62. The molecule has 0 saturated carbocycles. The Morgan fingerprint density at radius 1 is 1.09 bits per heavy atom. The molecule has 5 heteroatoms. The first-order valence-corrected chi connectivity index (χ1v) is 8.04. The normalized spacial score (nSPS) is 29.8. The molecular weight excluding hydrogens is 291 g/mol. The molecule has 0 bridgehead atoms. The van der Waals surface area contributed by atoms with Crippen molar-refractivity contribution in [3.05, 3.63) is 53.6 Å². The van der Waals surface area contributed by atoms with E-state index in [9.17, 15) is 9.59 Å². The molecule has 1 aromatic rings. The third kappa shape index (κ3) is 2.31. The van der Waals surface area contributed by atoms with E-state index in [4.69, 9.17) is 9.31 Å². The lowest BCUT2D eigenvalue weighted by Crippen LogP contribution is -2.41. The summed E-state index contributed by atoms with van der Waals surface area (Å²) in [5.41, 5.74) is 2.05. The second kappa shape index (κ2) is 5.58. The van der Waals surface area contributed by atoms with Crippen molar-refractivity contribution in [1.82, 2.24) is 0 Å². The fourth-order valence-corrected chi connectivity index (χ4v) is 3.72. The van der Waals surface area contributed by atoms with Crippen molar-refractivity contribution < 1.29 is 18.9 Å². The maximum absolute atomic E-state index is 12.3. The minimum Gasteiger partial charge on any atom is -0.401 e. The minimum absolute atomic E-state index is 0.0664. The Morgan fingerprint density at radius 2 is 1.83 bits per heavy atom. The Balaban J connectivity index is 1.72. The first-order valence-electron chi connectivity index (χ1n) is 8.04. The van der Waals surface area contributed by atoms with E-state index in [1.165, 1.54) is 12.2 Å². The predicted octanol–water partition coefficient (Wildman–Crippen LogP) is 1.60. The third-order valence-electron chi connectivity index (χ3n) is 4.93. The number of hydrogen-bond acceptors (Lipinski definition) is 4. The molecule has 0 N–H and O–H groups in total. The molecule has 1 heterocycles. The maximum Gasteiger partial charge on any atom is 0.494 e. The van der Waals surface area contributed by atoms with Crippen LogP contribution in [0.5, 0.6) is 0 Å². The van der Waals surface area contributed by atoms with Gasteiger partial charge >= 0.3 is 7.12 Å². The molecule has 116 valence electrons. The van der Waals surface area contributed by atoms with E-state index in [-0.39, 0.29) is 23.6 Å². The standard InChI is InChI=1S/C18H17BO4/c1-2-11-10-13-14(20)8-9-15(21)16(13)18-17(11)22-19(23-18)12-6-4-3-5-7-12/h3-9,11,17-18H,2,10H2,1H3/t11?,17-,18+/m1/s1. The van der Waals surface area contributed by atoms with Gasteiger partial charge in [0.1, 0.15) is 0 Å². The molecule has 3 aliphatic rings. The molecule has 1 aliphatic heterocycles. The van der Waals surface area contributed by atoms with Gasteiger partial charge in [-0.15, -0.1) is 0 Å². The van der Waals surface area contributed by atoms with Crippen LogP contribution in [0.3, 0.4) is 0 Å². The van der Waals surface area contributed by atoms with Crippen molar-refractivity contribution in [2.24, 2.45) is 5.92 Å². The zero-order chi connectivity index (χ0) is 16.0. The molecule has 0 radical (unpaired) electrons. The number of fused-ring (bicyclic) bond motifs is 2. The number of hydrogen-bond donors (Lipinski definition) is 0. The van der Waals surface area contributed by atoms with Gasteiger partial charge in [0, 0.05) is 11.1 Å². The van der Waals surface area contributed by atoms with Crippen molar-refractivity contribution in [3.63, 3.8) is 0 Å².